The highest BCUT2D eigenvalue weighted by Crippen LogP contribution is 2.32. The van der Waals surface area contributed by atoms with Crippen LogP contribution >= 0.6 is 0 Å². The number of aryl methyl sites for hydroxylation is 1. The zero-order valence-electron chi connectivity index (χ0n) is 15.5. The van der Waals surface area contributed by atoms with Crippen LogP contribution in [-0.2, 0) is 13.6 Å². The molecule has 1 fully saturated rings. The van der Waals surface area contributed by atoms with E-state index >= 15 is 0 Å². The molecule has 0 atom stereocenters. The smallest absolute Gasteiger partial charge is 0.227 e. The summed E-state index contributed by atoms with van der Waals surface area (Å²) >= 11 is 0. The van der Waals surface area contributed by atoms with Crippen LogP contribution in [0.3, 0.4) is 0 Å². The first-order chi connectivity index (χ1) is 13.7. The van der Waals surface area contributed by atoms with Gasteiger partial charge in [0.25, 0.3) is 0 Å². The number of anilines is 2. The van der Waals surface area contributed by atoms with E-state index in [1.165, 1.54) is 0 Å². The standard InChI is InChI=1S/C21H21N5O2/c1-25-12-19(14-5-7-28-13-14)18-8-15(2-3-20(18)25)23-21-22-6-4-16(24-21)9-26-10-17(27)11-26/h2-8,12-13,17,27H,9-11H2,1H3,(H,22,23,24). The number of aliphatic hydroxyl groups is 1. The highest BCUT2D eigenvalue weighted by Gasteiger charge is 2.24. The monoisotopic (exact) mass is 375 g/mol. The molecule has 1 saturated heterocycles. The lowest BCUT2D eigenvalue weighted by Crippen LogP contribution is -2.49. The maximum absolute atomic E-state index is 9.43. The molecule has 1 aliphatic rings. The van der Waals surface area contributed by atoms with E-state index in [0.29, 0.717) is 19.0 Å². The molecule has 0 amide bonds. The van der Waals surface area contributed by atoms with Crippen LogP contribution in [0.2, 0.25) is 0 Å². The van der Waals surface area contributed by atoms with E-state index < -0.39 is 0 Å². The minimum Gasteiger partial charge on any atom is -0.472 e. The van der Waals surface area contributed by atoms with Gasteiger partial charge in [0.05, 0.1) is 24.3 Å². The van der Waals surface area contributed by atoms with Gasteiger partial charge in [0.1, 0.15) is 0 Å². The Morgan fingerprint density at radius 2 is 2.14 bits per heavy atom. The van der Waals surface area contributed by atoms with Gasteiger partial charge in [-0.3, -0.25) is 4.90 Å². The van der Waals surface area contributed by atoms with Gasteiger partial charge in [-0.2, -0.15) is 0 Å². The number of fused-ring (bicyclic) bond motifs is 1. The van der Waals surface area contributed by atoms with Gasteiger partial charge in [0.15, 0.2) is 0 Å². The first-order valence-electron chi connectivity index (χ1n) is 9.27. The molecular weight excluding hydrogens is 354 g/mol. The summed E-state index contributed by atoms with van der Waals surface area (Å²) in [5.41, 5.74) is 5.19. The van der Waals surface area contributed by atoms with Gasteiger partial charge >= 0.3 is 0 Å². The maximum atomic E-state index is 9.43. The molecule has 0 saturated carbocycles. The van der Waals surface area contributed by atoms with Crippen molar-refractivity contribution in [1.29, 1.82) is 0 Å². The number of benzene rings is 1. The van der Waals surface area contributed by atoms with Crippen LogP contribution in [0.1, 0.15) is 5.69 Å². The Morgan fingerprint density at radius 1 is 1.25 bits per heavy atom. The number of nitrogens with zero attached hydrogens (tertiary/aromatic N) is 4. The minimum absolute atomic E-state index is 0.207. The fourth-order valence-corrected chi connectivity index (χ4v) is 3.69. The highest BCUT2D eigenvalue weighted by atomic mass is 16.3. The molecule has 0 spiro atoms. The number of furan rings is 1. The van der Waals surface area contributed by atoms with E-state index in [-0.39, 0.29) is 6.10 Å². The number of rotatable bonds is 5. The second-order valence-corrected chi connectivity index (χ2v) is 7.24. The normalized spacial score (nSPS) is 15.1. The number of hydrogen-bond donors (Lipinski definition) is 2. The number of hydrogen-bond acceptors (Lipinski definition) is 6. The molecule has 1 aliphatic heterocycles. The predicted molar refractivity (Wildman–Crippen MR) is 107 cm³/mol. The number of aromatic nitrogens is 3. The molecule has 7 nitrogen and oxygen atoms in total. The Balaban J connectivity index is 1.42. The minimum atomic E-state index is -0.207. The second-order valence-electron chi connectivity index (χ2n) is 7.24. The van der Waals surface area contributed by atoms with E-state index in [2.05, 4.69) is 43.1 Å². The van der Waals surface area contributed by atoms with Crippen molar-refractivity contribution >= 4 is 22.5 Å². The number of aliphatic hydroxyl groups excluding tert-OH is 1. The van der Waals surface area contributed by atoms with Gasteiger partial charge < -0.3 is 19.4 Å². The zero-order valence-corrected chi connectivity index (χ0v) is 15.5. The fraction of sp³-hybridized carbons (Fsp3) is 0.238. The molecule has 4 heterocycles. The highest BCUT2D eigenvalue weighted by molar-refractivity contribution is 5.97. The van der Waals surface area contributed by atoms with Gasteiger partial charge in [0.2, 0.25) is 5.95 Å². The average Bonchev–Trinajstić information content (AvgIpc) is 3.29. The summed E-state index contributed by atoms with van der Waals surface area (Å²) in [6, 6.07) is 10.1. The SMILES string of the molecule is Cn1cc(-c2ccoc2)c2cc(Nc3nccc(CN4CC(O)C4)n3)ccc21. The summed E-state index contributed by atoms with van der Waals surface area (Å²) in [6.45, 7) is 2.12. The van der Waals surface area contributed by atoms with Crippen molar-refractivity contribution in [2.45, 2.75) is 12.6 Å². The molecule has 0 unspecified atom stereocenters. The number of β-amino-alcohol motifs (C(OH)–C–C–N with tert-alkyl or cyclic N) is 1. The van der Waals surface area contributed by atoms with Crippen molar-refractivity contribution in [2.24, 2.45) is 7.05 Å². The van der Waals surface area contributed by atoms with Crippen LogP contribution in [0.25, 0.3) is 22.0 Å². The number of nitrogens with one attached hydrogen (secondary N) is 1. The summed E-state index contributed by atoms with van der Waals surface area (Å²) in [7, 11) is 2.04. The van der Waals surface area contributed by atoms with Gasteiger partial charge in [-0.1, -0.05) is 0 Å². The van der Waals surface area contributed by atoms with E-state index in [9.17, 15) is 5.11 Å². The van der Waals surface area contributed by atoms with E-state index in [1.54, 1.807) is 18.7 Å². The molecule has 5 rings (SSSR count). The van der Waals surface area contributed by atoms with E-state index in [1.807, 2.05) is 25.2 Å². The van der Waals surface area contributed by atoms with Crippen molar-refractivity contribution in [3.8, 4) is 11.1 Å². The lowest BCUT2D eigenvalue weighted by molar-refractivity contribution is -0.00353. The van der Waals surface area contributed by atoms with Crippen LogP contribution in [0.5, 0.6) is 0 Å². The van der Waals surface area contributed by atoms with Gasteiger partial charge in [0, 0.05) is 66.8 Å². The Hall–Kier alpha value is -3.16. The summed E-state index contributed by atoms with van der Waals surface area (Å²) < 4.78 is 7.37. The summed E-state index contributed by atoms with van der Waals surface area (Å²) in [5, 5.41) is 13.9. The van der Waals surface area contributed by atoms with Crippen LogP contribution in [0.4, 0.5) is 11.6 Å². The first-order valence-corrected chi connectivity index (χ1v) is 9.27. The molecule has 2 N–H and O–H groups in total. The van der Waals surface area contributed by atoms with Crippen molar-refractivity contribution in [1.82, 2.24) is 19.4 Å². The van der Waals surface area contributed by atoms with Crippen LogP contribution in [0.15, 0.2) is 59.7 Å². The van der Waals surface area contributed by atoms with Crippen LogP contribution < -0.4 is 5.32 Å². The molecule has 4 aromatic rings. The van der Waals surface area contributed by atoms with Gasteiger partial charge in [-0.25, -0.2) is 9.97 Å². The zero-order chi connectivity index (χ0) is 19.1. The molecule has 3 aromatic heterocycles. The quantitative estimate of drug-likeness (QED) is 0.558. The Morgan fingerprint density at radius 3 is 2.93 bits per heavy atom. The van der Waals surface area contributed by atoms with Gasteiger partial charge in [-0.05, 0) is 30.3 Å². The van der Waals surface area contributed by atoms with Gasteiger partial charge in [-0.15, -0.1) is 0 Å². The summed E-state index contributed by atoms with van der Waals surface area (Å²) in [6.07, 6.45) is 7.11. The third-order valence-electron chi connectivity index (χ3n) is 5.11. The summed E-state index contributed by atoms with van der Waals surface area (Å²) in [4.78, 5) is 11.1. The van der Waals surface area contributed by atoms with E-state index in [0.717, 1.165) is 40.0 Å². The van der Waals surface area contributed by atoms with Crippen molar-refractivity contribution in [3.05, 3.63) is 60.9 Å². The Labute approximate surface area is 162 Å². The largest absolute Gasteiger partial charge is 0.472 e. The molecule has 1 aromatic carbocycles. The number of likely N-dealkylation sites (tertiary alicyclic amines) is 1. The topological polar surface area (TPSA) is 79.4 Å². The predicted octanol–water partition coefficient (Wildman–Crippen LogP) is 3.15. The summed E-state index contributed by atoms with van der Waals surface area (Å²) in [5.74, 6) is 0.568. The molecule has 0 bridgehead atoms. The Kier molecular flexibility index (Phi) is 4.11. The lowest BCUT2D eigenvalue weighted by atomic mass is 10.1. The van der Waals surface area contributed by atoms with Crippen molar-refractivity contribution in [2.75, 3.05) is 18.4 Å². The molecule has 142 valence electrons. The molecule has 28 heavy (non-hydrogen) atoms. The molecule has 0 aliphatic carbocycles. The van der Waals surface area contributed by atoms with Crippen LogP contribution in [-0.4, -0.2) is 43.7 Å². The maximum Gasteiger partial charge on any atom is 0.227 e. The molecular formula is C21H21N5O2. The van der Waals surface area contributed by atoms with E-state index in [4.69, 9.17) is 4.42 Å². The second kappa shape index (κ2) is 6.78. The van der Waals surface area contributed by atoms with Crippen molar-refractivity contribution < 1.29 is 9.52 Å². The average molecular weight is 375 g/mol. The van der Waals surface area contributed by atoms with Crippen LogP contribution in [0, 0.1) is 0 Å². The lowest BCUT2D eigenvalue weighted by Gasteiger charge is -2.35. The van der Waals surface area contributed by atoms with Crippen molar-refractivity contribution in [3.63, 3.8) is 0 Å². The third-order valence-corrected chi connectivity index (χ3v) is 5.11. The Bertz CT molecular complexity index is 1110. The molecule has 7 heteroatoms. The first kappa shape index (κ1) is 17.0. The fourth-order valence-electron chi connectivity index (χ4n) is 3.69. The third kappa shape index (κ3) is 3.15. The molecule has 0 radical (unpaired) electrons.